The molecule has 0 aromatic carbocycles. The van der Waals surface area contributed by atoms with Gasteiger partial charge < -0.3 is 5.11 Å². The Hall–Kier alpha value is -1.08. The molecule has 0 spiro atoms. The molecular formula is C7H11N2O2+. The Bertz CT molecular complexity index is 215. The van der Waals surface area contributed by atoms with Crippen molar-refractivity contribution in [2.45, 2.75) is 19.4 Å². The average Bonchev–Trinajstić information content (AvgIpc) is 2.70. The van der Waals surface area contributed by atoms with Crippen molar-refractivity contribution < 1.29 is 14.4 Å². The number of aliphatic carboxylic acids is 1. The molecule has 0 aromatic rings. The van der Waals surface area contributed by atoms with Gasteiger partial charge in [0.2, 0.25) is 6.04 Å². The summed E-state index contributed by atoms with van der Waals surface area (Å²) in [6, 6.07) is -0.514. The van der Waals surface area contributed by atoms with Gasteiger partial charge in [-0.15, -0.1) is 5.26 Å². The first-order valence-electron chi connectivity index (χ1n) is 3.67. The zero-order valence-corrected chi connectivity index (χ0v) is 6.45. The maximum Gasteiger partial charge on any atom is 0.363 e. The third-order valence-electron chi connectivity index (χ3n) is 2.17. The lowest BCUT2D eigenvalue weighted by atomic mass is 10.2. The van der Waals surface area contributed by atoms with E-state index >= 15 is 0 Å². The van der Waals surface area contributed by atoms with E-state index in [9.17, 15) is 4.79 Å². The van der Waals surface area contributed by atoms with Crippen LogP contribution in [0.15, 0.2) is 0 Å². The van der Waals surface area contributed by atoms with Gasteiger partial charge in [-0.2, -0.15) is 0 Å². The van der Waals surface area contributed by atoms with E-state index in [0.29, 0.717) is 19.5 Å². The Labute approximate surface area is 65.2 Å². The third-order valence-corrected chi connectivity index (χ3v) is 2.17. The summed E-state index contributed by atoms with van der Waals surface area (Å²) in [6.45, 7) is 3.19. The lowest BCUT2D eigenvalue weighted by Crippen LogP contribution is -2.39. The second-order valence-corrected chi connectivity index (χ2v) is 2.84. The number of nitriles is 1. The summed E-state index contributed by atoms with van der Waals surface area (Å²) in [4.78, 5) is 10.6. The summed E-state index contributed by atoms with van der Waals surface area (Å²) < 4.78 is 0.117. The van der Waals surface area contributed by atoms with Gasteiger partial charge in [0.25, 0.3) is 0 Å². The van der Waals surface area contributed by atoms with E-state index < -0.39 is 12.0 Å². The predicted octanol–water partition coefficient (Wildman–Crippen LogP) is 0.161. The number of carboxylic acid groups (broad SMARTS) is 1. The third kappa shape index (κ3) is 1.19. The number of carboxylic acids is 1. The van der Waals surface area contributed by atoms with E-state index in [1.165, 1.54) is 0 Å². The van der Waals surface area contributed by atoms with E-state index in [-0.39, 0.29) is 4.48 Å². The average molecular weight is 155 g/mol. The number of rotatable bonds is 3. The van der Waals surface area contributed by atoms with Gasteiger partial charge >= 0.3 is 12.2 Å². The van der Waals surface area contributed by atoms with Crippen molar-refractivity contribution >= 4 is 5.97 Å². The summed E-state index contributed by atoms with van der Waals surface area (Å²) in [5, 5.41) is 17.4. The summed E-state index contributed by atoms with van der Waals surface area (Å²) in [7, 11) is 0. The van der Waals surface area contributed by atoms with Crippen molar-refractivity contribution in [2.75, 3.05) is 13.1 Å². The molecule has 0 bridgehead atoms. The van der Waals surface area contributed by atoms with Crippen LogP contribution in [0, 0.1) is 11.5 Å². The van der Waals surface area contributed by atoms with E-state index in [1.807, 2.05) is 6.19 Å². The van der Waals surface area contributed by atoms with Crippen molar-refractivity contribution in [3.8, 4) is 6.19 Å². The first-order chi connectivity index (χ1) is 5.16. The van der Waals surface area contributed by atoms with Gasteiger partial charge in [0.15, 0.2) is 0 Å². The fourth-order valence-electron chi connectivity index (χ4n) is 1.32. The van der Waals surface area contributed by atoms with Crippen LogP contribution < -0.4 is 0 Å². The molecule has 1 aliphatic rings. The van der Waals surface area contributed by atoms with Crippen LogP contribution >= 0.6 is 0 Å². The fourth-order valence-corrected chi connectivity index (χ4v) is 1.32. The molecule has 1 aliphatic heterocycles. The SMILES string of the molecule is CCC(C(=O)O)[N+]1(C#N)CC1. The Balaban J connectivity index is 2.71. The van der Waals surface area contributed by atoms with Crippen molar-refractivity contribution in [2.24, 2.45) is 0 Å². The Morgan fingerprint density at radius 2 is 2.36 bits per heavy atom. The number of hydrogen-bond acceptors (Lipinski definition) is 2. The van der Waals surface area contributed by atoms with Crippen molar-refractivity contribution in [3.05, 3.63) is 0 Å². The van der Waals surface area contributed by atoms with E-state index in [2.05, 4.69) is 0 Å². The molecule has 0 amide bonds. The van der Waals surface area contributed by atoms with Crippen molar-refractivity contribution in [3.63, 3.8) is 0 Å². The zero-order chi connectivity index (χ0) is 8.48. The monoisotopic (exact) mass is 155 g/mol. The molecule has 1 atom stereocenters. The van der Waals surface area contributed by atoms with Crippen LogP contribution in [0.25, 0.3) is 0 Å². The quantitative estimate of drug-likeness (QED) is 0.359. The molecular weight excluding hydrogens is 144 g/mol. The van der Waals surface area contributed by atoms with Crippen LogP contribution in [0.4, 0.5) is 0 Å². The summed E-state index contributed by atoms with van der Waals surface area (Å²) in [5.74, 6) is -0.855. The standard InChI is InChI=1S/C7H10N2O2/c1-2-6(7(10)11)9(5-8)3-4-9/h6H,2-4H2,1H3/p+1. The highest BCUT2D eigenvalue weighted by Crippen LogP contribution is 2.26. The van der Waals surface area contributed by atoms with Crippen LogP contribution in [-0.4, -0.2) is 34.7 Å². The predicted molar refractivity (Wildman–Crippen MR) is 37.3 cm³/mol. The molecule has 11 heavy (non-hydrogen) atoms. The topological polar surface area (TPSA) is 61.1 Å². The molecule has 4 nitrogen and oxygen atoms in total. The Morgan fingerprint density at radius 3 is 2.45 bits per heavy atom. The van der Waals surface area contributed by atoms with Gasteiger partial charge in [0.05, 0.1) is 0 Å². The number of quaternary nitrogens is 1. The maximum atomic E-state index is 10.6. The summed E-state index contributed by atoms with van der Waals surface area (Å²) >= 11 is 0. The zero-order valence-electron chi connectivity index (χ0n) is 6.45. The van der Waals surface area contributed by atoms with E-state index in [0.717, 1.165) is 0 Å². The van der Waals surface area contributed by atoms with Crippen LogP contribution in [0.1, 0.15) is 13.3 Å². The minimum atomic E-state index is -0.855. The lowest BCUT2D eigenvalue weighted by molar-refractivity contribution is -0.748. The molecule has 0 aliphatic carbocycles. The number of nitrogens with zero attached hydrogens (tertiary/aromatic N) is 2. The minimum absolute atomic E-state index is 0.117. The molecule has 0 aromatic heterocycles. The van der Waals surface area contributed by atoms with Crippen LogP contribution in [0.3, 0.4) is 0 Å². The smallest absolute Gasteiger partial charge is 0.363 e. The van der Waals surface area contributed by atoms with Crippen LogP contribution in [-0.2, 0) is 4.79 Å². The normalized spacial score (nSPS) is 21.8. The second-order valence-electron chi connectivity index (χ2n) is 2.84. The number of carbonyl (C=O) groups is 1. The Kier molecular flexibility index (Phi) is 1.83. The number of hydrogen-bond donors (Lipinski definition) is 1. The molecule has 1 N–H and O–H groups in total. The Morgan fingerprint density at radius 1 is 1.82 bits per heavy atom. The van der Waals surface area contributed by atoms with E-state index in [4.69, 9.17) is 10.4 Å². The van der Waals surface area contributed by atoms with Crippen molar-refractivity contribution in [1.82, 2.24) is 0 Å². The van der Waals surface area contributed by atoms with Gasteiger partial charge in [-0.25, -0.2) is 9.28 Å². The lowest BCUT2D eigenvalue weighted by Gasteiger charge is -2.14. The van der Waals surface area contributed by atoms with Crippen LogP contribution in [0.2, 0.25) is 0 Å². The molecule has 0 radical (unpaired) electrons. The molecule has 1 heterocycles. The molecule has 1 unspecified atom stereocenters. The van der Waals surface area contributed by atoms with Gasteiger partial charge in [-0.1, -0.05) is 6.92 Å². The van der Waals surface area contributed by atoms with Crippen LogP contribution in [0.5, 0.6) is 0 Å². The largest absolute Gasteiger partial charge is 0.477 e. The van der Waals surface area contributed by atoms with E-state index in [1.54, 1.807) is 6.92 Å². The van der Waals surface area contributed by atoms with Crippen molar-refractivity contribution in [1.29, 1.82) is 5.26 Å². The molecule has 60 valence electrons. The molecule has 1 fully saturated rings. The highest BCUT2D eigenvalue weighted by molar-refractivity contribution is 5.72. The van der Waals surface area contributed by atoms with Gasteiger partial charge in [0.1, 0.15) is 13.1 Å². The molecule has 4 heteroatoms. The van der Waals surface area contributed by atoms with Gasteiger partial charge in [-0.05, 0) is 0 Å². The molecule has 1 saturated heterocycles. The minimum Gasteiger partial charge on any atom is -0.477 e. The summed E-state index contributed by atoms with van der Waals surface area (Å²) in [5.41, 5.74) is 0. The second kappa shape index (κ2) is 2.51. The maximum absolute atomic E-state index is 10.6. The first-order valence-corrected chi connectivity index (χ1v) is 3.67. The molecule has 1 rings (SSSR count). The molecule has 0 saturated carbocycles. The fraction of sp³-hybridized carbons (Fsp3) is 0.714. The highest BCUT2D eigenvalue weighted by atomic mass is 16.4. The summed E-state index contributed by atoms with van der Waals surface area (Å²) in [6.07, 6.45) is 2.57. The van der Waals surface area contributed by atoms with Gasteiger partial charge in [-0.3, -0.25) is 0 Å². The highest BCUT2D eigenvalue weighted by Gasteiger charge is 2.53. The first kappa shape index (κ1) is 8.02. The van der Waals surface area contributed by atoms with Gasteiger partial charge in [0, 0.05) is 6.42 Å².